The molecule has 0 atom stereocenters. The Morgan fingerprint density at radius 3 is 2.42 bits per heavy atom. The third-order valence-electron chi connectivity index (χ3n) is 4.94. The second-order valence-corrected chi connectivity index (χ2v) is 8.98. The van der Waals surface area contributed by atoms with Gasteiger partial charge in [-0.15, -0.1) is 0 Å². The van der Waals surface area contributed by atoms with Crippen LogP contribution in [-0.4, -0.2) is 14.4 Å². The molecule has 0 aliphatic carbocycles. The summed E-state index contributed by atoms with van der Waals surface area (Å²) in [6.45, 7) is 0. The Labute approximate surface area is 177 Å². The summed E-state index contributed by atoms with van der Waals surface area (Å²) in [4.78, 5) is 12.9. The predicted molar refractivity (Wildman–Crippen MR) is 115 cm³/mol. The van der Waals surface area contributed by atoms with Gasteiger partial charge in [-0.2, -0.15) is 0 Å². The third-order valence-corrected chi connectivity index (χ3v) is 6.62. The molecular weight excluding hydrogens is 416 g/mol. The van der Waals surface area contributed by atoms with Crippen molar-refractivity contribution >= 4 is 37.7 Å². The Kier molecular flexibility index (Phi) is 4.60. The molecule has 0 fully saturated rings. The van der Waals surface area contributed by atoms with Crippen LogP contribution in [0.25, 0.3) is 21.9 Å². The van der Waals surface area contributed by atoms with Gasteiger partial charge in [0.25, 0.3) is 0 Å². The first-order valence-corrected chi connectivity index (χ1v) is 11.1. The third kappa shape index (κ3) is 3.60. The number of carbonyl (C=O) groups is 1. The highest BCUT2D eigenvalue weighted by atomic mass is 32.2. The molecule has 31 heavy (non-hydrogen) atoms. The summed E-state index contributed by atoms with van der Waals surface area (Å²) in [5, 5.41) is 1.72. The van der Waals surface area contributed by atoms with E-state index in [0.717, 1.165) is 16.4 Å². The molecule has 0 saturated heterocycles. The Hall–Kier alpha value is -3.84. The van der Waals surface area contributed by atoms with E-state index in [1.54, 1.807) is 36.4 Å². The number of sulfone groups is 1. The van der Waals surface area contributed by atoms with Crippen molar-refractivity contribution in [1.29, 1.82) is 0 Å². The number of fused-ring (bicyclic) bond motifs is 3. The van der Waals surface area contributed by atoms with E-state index in [2.05, 4.69) is 0 Å². The summed E-state index contributed by atoms with van der Waals surface area (Å²) < 4.78 is 41.9. The maximum atomic E-state index is 12.7. The monoisotopic (exact) mass is 432 g/mol. The van der Waals surface area contributed by atoms with Crippen LogP contribution in [0.1, 0.15) is 16.1 Å². The largest absolute Gasteiger partial charge is 0.457 e. The van der Waals surface area contributed by atoms with Gasteiger partial charge in [-0.3, -0.25) is 0 Å². The number of carbonyl (C=O) groups excluding carboxylic acids is 1. The number of hydrogen-bond donors (Lipinski definition) is 0. The quantitative estimate of drug-likeness (QED) is 0.274. The molecule has 0 N–H and O–H groups in total. The number of benzene rings is 3. The van der Waals surface area contributed by atoms with Crippen LogP contribution >= 0.6 is 0 Å². The van der Waals surface area contributed by atoms with E-state index in [4.69, 9.17) is 13.6 Å². The molecule has 7 heteroatoms. The molecule has 0 aliphatic rings. The zero-order valence-electron chi connectivity index (χ0n) is 16.1. The topological polar surface area (TPSA) is 86.7 Å². The van der Waals surface area contributed by atoms with Gasteiger partial charge < -0.3 is 13.6 Å². The van der Waals surface area contributed by atoms with Crippen LogP contribution < -0.4 is 4.74 Å². The lowest BCUT2D eigenvalue weighted by Gasteiger charge is -2.06. The van der Waals surface area contributed by atoms with E-state index >= 15 is 0 Å². The van der Waals surface area contributed by atoms with Crippen LogP contribution in [0.3, 0.4) is 0 Å². The zero-order chi connectivity index (χ0) is 21.4. The molecule has 5 rings (SSSR count). The van der Waals surface area contributed by atoms with Gasteiger partial charge in [0.2, 0.25) is 5.76 Å². The summed E-state index contributed by atoms with van der Waals surface area (Å²) in [5.41, 5.74) is 1.65. The molecule has 0 spiro atoms. The van der Waals surface area contributed by atoms with Crippen LogP contribution in [0.5, 0.6) is 5.75 Å². The minimum atomic E-state index is -3.64. The number of para-hydroxylation sites is 1. The minimum absolute atomic E-state index is 0.142. The summed E-state index contributed by atoms with van der Waals surface area (Å²) in [5.74, 6) is -0.979. The Morgan fingerprint density at radius 2 is 1.58 bits per heavy atom. The van der Waals surface area contributed by atoms with Gasteiger partial charge in [-0.05, 0) is 42.5 Å². The highest BCUT2D eigenvalue weighted by molar-refractivity contribution is 7.90. The lowest BCUT2D eigenvalue weighted by molar-refractivity contribution is 0.0700. The highest BCUT2D eigenvalue weighted by Crippen LogP contribution is 2.31. The average Bonchev–Trinajstić information content (AvgIpc) is 3.38. The summed E-state index contributed by atoms with van der Waals surface area (Å²) in [6, 6.07) is 22.1. The second kappa shape index (κ2) is 7.45. The van der Waals surface area contributed by atoms with Gasteiger partial charge in [0.05, 0.1) is 16.9 Å². The lowest BCUT2D eigenvalue weighted by Crippen LogP contribution is -2.12. The van der Waals surface area contributed by atoms with Crippen molar-refractivity contribution in [2.24, 2.45) is 0 Å². The Balaban J connectivity index is 1.42. The maximum Gasteiger partial charge on any atom is 0.379 e. The van der Waals surface area contributed by atoms with Crippen molar-refractivity contribution in [3.8, 4) is 5.75 Å². The van der Waals surface area contributed by atoms with Crippen molar-refractivity contribution in [3.05, 3.63) is 96.4 Å². The van der Waals surface area contributed by atoms with Crippen LogP contribution in [0.2, 0.25) is 0 Å². The van der Waals surface area contributed by atoms with E-state index in [9.17, 15) is 13.2 Å². The fourth-order valence-corrected chi connectivity index (χ4v) is 4.84. The van der Waals surface area contributed by atoms with Crippen molar-refractivity contribution in [1.82, 2.24) is 0 Å². The lowest BCUT2D eigenvalue weighted by atomic mass is 10.1. The second-order valence-electron chi connectivity index (χ2n) is 6.99. The van der Waals surface area contributed by atoms with Crippen molar-refractivity contribution in [2.45, 2.75) is 10.6 Å². The Bertz CT molecular complexity index is 1510. The van der Waals surface area contributed by atoms with Crippen LogP contribution in [0, 0.1) is 0 Å². The SMILES string of the molecule is O=C(Oc1ccc2oc3ccccc3c2c1)c1occc1CS(=O)(=O)c1ccccc1. The van der Waals surface area contributed by atoms with Crippen LogP contribution in [-0.2, 0) is 15.6 Å². The van der Waals surface area contributed by atoms with Gasteiger partial charge in [0.15, 0.2) is 9.84 Å². The van der Waals surface area contributed by atoms with E-state index < -0.39 is 15.8 Å². The predicted octanol–water partition coefficient (Wildman–Crippen LogP) is 5.37. The summed E-state index contributed by atoms with van der Waals surface area (Å²) >= 11 is 0. The normalized spacial score (nSPS) is 11.7. The molecule has 3 aromatic carbocycles. The van der Waals surface area contributed by atoms with Gasteiger partial charge >= 0.3 is 5.97 Å². The first-order chi connectivity index (χ1) is 15.0. The number of rotatable bonds is 5. The Morgan fingerprint density at radius 1 is 0.839 bits per heavy atom. The molecule has 0 unspecified atom stereocenters. The zero-order valence-corrected chi connectivity index (χ0v) is 17.0. The molecule has 0 amide bonds. The van der Waals surface area contributed by atoms with E-state index in [1.807, 2.05) is 24.3 Å². The molecule has 2 aromatic heterocycles. The smallest absolute Gasteiger partial charge is 0.379 e. The van der Waals surface area contributed by atoms with Crippen LogP contribution in [0.4, 0.5) is 0 Å². The van der Waals surface area contributed by atoms with Gasteiger partial charge in [-0.1, -0.05) is 36.4 Å². The van der Waals surface area contributed by atoms with Gasteiger partial charge in [0, 0.05) is 16.3 Å². The molecule has 5 aromatic rings. The van der Waals surface area contributed by atoms with Crippen molar-refractivity contribution in [2.75, 3.05) is 0 Å². The van der Waals surface area contributed by atoms with Crippen molar-refractivity contribution < 1.29 is 26.8 Å². The average molecular weight is 432 g/mol. The fraction of sp³-hybridized carbons (Fsp3) is 0.0417. The van der Waals surface area contributed by atoms with Gasteiger partial charge in [0.1, 0.15) is 16.9 Å². The molecule has 0 radical (unpaired) electrons. The molecule has 2 heterocycles. The number of furan rings is 2. The number of hydrogen-bond acceptors (Lipinski definition) is 6. The minimum Gasteiger partial charge on any atom is -0.457 e. The van der Waals surface area contributed by atoms with E-state index in [-0.39, 0.29) is 22.0 Å². The highest BCUT2D eigenvalue weighted by Gasteiger charge is 2.24. The first kappa shape index (κ1) is 19.1. The maximum absolute atomic E-state index is 12.7. The molecular formula is C24H16O6S. The first-order valence-electron chi connectivity index (χ1n) is 9.49. The van der Waals surface area contributed by atoms with E-state index in [1.165, 1.54) is 24.5 Å². The standard InChI is InChI=1S/C24H16O6S/c25-24(23-16(12-13-28-23)15-31(26,27)18-6-2-1-3-7-18)29-17-10-11-22-20(14-17)19-8-4-5-9-21(19)30-22/h1-14H,15H2. The number of ether oxygens (including phenoxy) is 1. The van der Waals surface area contributed by atoms with Crippen LogP contribution in [0.15, 0.2) is 98.9 Å². The number of esters is 1. The van der Waals surface area contributed by atoms with Gasteiger partial charge in [-0.25, -0.2) is 13.2 Å². The fourth-order valence-electron chi connectivity index (χ4n) is 3.47. The molecule has 0 aliphatic heterocycles. The van der Waals surface area contributed by atoms with Crippen molar-refractivity contribution in [3.63, 3.8) is 0 Å². The summed E-state index contributed by atoms with van der Waals surface area (Å²) in [6.07, 6.45) is 1.28. The molecule has 154 valence electrons. The molecule has 0 bridgehead atoms. The molecule has 6 nitrogen and oxygen atoms in total. The van der Waals surface area contributed by atoms with E-state index in [0.29, 0.717) is 11.3 Å². The summed E-state index contributed by atoms with van der Waals surface area (Å²) in [7, 11) is -3.64. The molecule has 0 saturated carbocycles.